The summed E-state index contributed by atoms with van der Waals surface area (Å²) in [5.74, 6) is -1.93. The zero-order chi connectivity index (χ0) is 29.0. The molecule has 3 amide bonds. The van der Waals surface area contributed by atoms with E-state index in [1.807, 2.05) is 60.7 Å². The molecule has 8 heteroatoms. The van der Waals surface area contributed by atoms with Gasteiger partial charge in [-0.3, -0.25) is 14.4 Å². The summed E-state index contributed by atoms with van der Waals surface area (Å²) in [6.45, 7) is 0. The number of nitrogens with one attached hydrogen (secondary N) is 1. The summed E-state index contributed by atoms with van der Waals surface area (Å²) in [6.07, 6.45) is 1.78. The lowest BCUT2D eigenvalue weighted by molar-refractivity contribution is -0.123. The molecule has 2 bridgehead atoms. The largest absolute Gasteiger partial charge is 0.497 e. The van der Waals surface area contributed by atoms with Crippen LogP contribution in [-0.4, -0.2) is 31.0 Å². The van der Waals surface area contributed by atoms with E-state index in [0.29, 0.717) is 16.5 Å². The zero-order valence-corrected chi connectivity index (χ0v) is 23.4. The van der Waals surface area contributed by atoms with Crippen LogP contribution >= 0.6 is 11.6 Å². The van der Waals surface area contributed by atoms with Gasteiger partial charge >= 0.3 is 0 Å². The van der Waals surface area contributed by atoms with Crippen LogP contribution in [0, 0.1) is 11.8 Å². The number of amides is 3. The number of hydrogen-bond acceptors (Lipinski definition) is 5. The maximum absolute atomic E-state index is 14.4. The van der Waals surface area contributed by atoms with E-state index in [1.165, 1.54) is 4.90 Å². The standard InChI is InChI=1S/C34H26ClN3O4/c1-42-21-16-14-20(15-17-21)18-28(39)37-36-19-34-24-10-4-2-8-22(24)29(23-9-3-5-11-25(23)34)30-31(34)33(41)38(32(30)40)27-13-7-6-12-26(27)35/h2-17,19,29-31H,18H2,1H3,(H,37,39)/b36-19-/t29?,30-,31+,34?/m1/s1. The number of benzene rings is 4. The summed E-state index contributed by atoms with van der Waals surface area (Å²) in [6, 6.07) is 29.9. The summed E-state index contributed by atoms with van der Waals surface area (Å²) >= 11 is 6.51. The molecule has 1 aliphatic heterocycles. The molecule has 4 aliphatic rings. The highest BCUT2D eigenvalue weighted by atomic mass is 35.5. The van der Waals surface area contributed by atoms with Crippen LogP contribution in [0.3, 0.4) is 0 Å². The van der Waals surface area contributed by atoms with E-state index in [9.17, 15) is 14.4 Å². The third kappa shape index (κ3) is 3.73. The van der Waals surface area contributed by atoms with Crippen molar-refractivity contribution in [3.05, 3.63) is 130 Å². The lowest BCUT2D eigenvalue weighted by Crippen LogP contribution is -2.54. The average Bonchev–Trinajstić information content (AvgIpc) is 3.28. The second kappa shape index (κ2) is 9.96. The van der Waals surface area contributed by atoms with Gasteiger partial charge in [-0.25, -0.2) is 10.3 Å². The van der Waals surface area contributed by atoms with Gasteiger partial charge in [-0.1, -0.05) is 84.4 Å². The van der Waals surface area contributed by atoms with E-state index >= 15 is 0 Å². The van der Waals surface area contributed by atoms with Gasteiger partial charge < -0.3 is 4.74 Å². The Labute approximate surface area is 247 Å². The number of carbonyl (C=O) groups is 3. The Kier molecular flexibility index (Phi) is 6.21. The van der Waals surface area contributed by atoms with Crippen molar-refractivity contribution in [1.82, 2.24) is 5.43 Å². The number of nitrogens with zero attached hydrogens (tertiary/aromatic N) is 2. The SMILES string of the molecule is COc1ccc(CC(=O)N/N=C\C23c4ccccc4C(c4ccccc42)[C@H]2C(=O)N(c4ccccc4Cl)C(=O)[C@H]23)cc1. The maximum atomic E-state index is 14.4. The first-order chi connectivity index (χ1) is 20.5. The van der Waals surface area contributed by atoms with Gasteiger partial charge in [0.2, 0.25) is 17.7 Å². The molecule has 4 aromatic rings. The minimum atomic E-state index is -1.08. The number of hydrazone groups is 1. The quantitative estimate of drug-likeness (QED) is 0.193. The smallest absolute Gasteiger partial charge is 0.244 e. The van der Waals surface area contributed by atoms with E-state index < -0.39 is 17.3 Å². The van der Waals surface area contributed by atoms with Crippen molar-refractivity contribution in [2.75, 3.05) is 12.0 Å². The van der Waals surface area contributed by atoms with Crippen molar-refractivity contribution in [2.45, 2.75) is 17.8 Å². The van der Waals surface area contributed by atoms with Crippen LogP contribution in [0.4, 0.5) is 5.69 Å². The molecule has 1 fully saturated rings. The number of anilines is 1. The Balaban J connectivity index is 1.33. The highest BCUT2D eigenvalue weighted by Crippen LogP contribution is 2.63. The number of rotatable bonds is 6. The molecule has 7 nitrogen and oxygen atoms in total. The Morgan fingerprint density at radius 1 is 0.905 bits per heavy atom. The predicted molar refractivity (Wildman–Crippen MR) is 160 cm³/mol. The van der Waals surface area contributed by atoms with Crippen molar-refractivity contribution < 1.29 is 19.1 Å². The van der Waals surface area contributed by atoms with Crippen molar-refractivity contribution in [3.8, 4) is 5.75 Å². The van der Waals surface area contributed by atoms with Gasteiger partial charge in [0.1, 0.15) is 5.75 Å². The van der Waals surface area contributed by atoms with Gasteiger partial charge in [0, 0.05) is 12.1 Å². The fourth-order valence-corrected chi connectivity index (χ4v) is 7.31. The number of ether oxygens (including phenoxy) is 1. The van der Waals surface area contributed by atoms with Crippen LogP contribution in [0.15, 0.2) is 102 Å². The van der Waals surface area contributed by atoms with Crippen LogP contribution in [0.25, 0.3) is 0 Å². The van der Waals surface area contributed by atoms with Gasteiger partial charge in [0.15, 0.2) is 0 Å². The maximum Gasteiger partial charge on any atom is 0.244 e. The fraction of sp³-hybridized carbons (Fsp3) is 0.176. The first kappa shape index (κ1) is 26.2. The van der Waals surface area contributed by atoms with E-state index in [1.54, 1.807) is 49.7 Å². The third-order valence-electron chi connectivity index (χ3n) is 8.76. The summed E-state index contributed by atoms with van der Waals surface area (Å²) in [5, 5.41) is 4.80. The molecular weight excluding hydrogens is 550 g/mol. The molecule has 42 heavy (non-hydrogen) atoms. The number of carbonyl (C=O) groups excluding carboxylic acids is 3. The van der Waals surface area contributed by atoms with Gasteiger partial charge in [-0.15, -0.1) is 0 Å². The van der Waals surface area contributed by atoms with E-state index in [0.717, 1.165) is 27.8 Å². The highest BCUT2D eigenvalue weighted by molar-refractivity contribution is 6.36. The zero-order valence-electron chi connectivity index (χ0n) is 22.7. The molecule has 2 atom stereocenters. The Hall–Kier alpha value is -4.75. The van der Waals surface area contributed by atoms with Crippen LogP contribution in [0.1, 0.15) is 33.7 Å². The average molecular weight is 576 g/mol. The second-order valence-electron chi connectivity index (χ2n) is 10.8. The minimum Gasteiger partial charge on any atom is -0.497 e. The van der Waals surface area contributed by atoms with E-state index in [2.05, 4.69) is 10.5 Å². The number of methoxy groups -OCH3 is 1. The number of halogens is 1. The molecule has 0 aromatic heterocycles. The van der Waals surface area contributed by atoms with Gasteiger partial charge in [-0.05, 0) is 52.1 Å². The number of hydrogen-bond donors (Lipinski definition) is 1. The fourth-order valence-electron chi connectivity index (χ4n) is 7.09. The van der Waals surface area contributed by atoms with Crippen LogP contribution in [0.2, 0.25) is 5.02 Å². The Bertz CT molecular complexity index is 1740. The molecule has 208 valence electrons. The molecule has 8 rings (SSSR count). The molecule has 4 aromatic carbocycles. The van der Waals surface area contributed by atoms with Gasteiger partial charge in [0.25, 0.3) is 0 Å². The summed E-state index contributed by atoms with van der Waals surface area (Å²) in [7, 11) is 1.59. The van der Waals surface area contributed by atoms with Crippen molar-refractivity contribution >= 4 is 41.2 Å². The lowest BCUT2D eigenvalue weighted by Gasteiger charge is -2.52. The topological polar surface area (TPSA) is 88.1 Å². The molecule has 0 unspecified atom stereocenters. The highest BCUT2D eigenvalue weighted by Gasteiger charge is 2.68. The lowest BCUT2D eigenvalue weighted by atomic mass is 9.47. The molecule has 1 heterocycles. The predicted octanol–water partition coefficient (Wildman–Crippen LogP) is 5.24. The Morgan fingerprint density at radius 2 is 1.52 bits per heavy atom. The molecule has 0 radical (unpaired) electrons. The summed E-state index contributed by atoms with van der Waals surface area (Å²) in [5.41, 5.74) is 6.55. The number of para-hydroxylation sites is 1. The second-order valence-corrected chi connectivity index (χ2v) is 11.2. The van der Waals surface area contributed by atoms with Crippen molar-refractivity contribution in [1.29, 1.82) is 0 Å². The molecular formula is C34H26ClN3O4. The van der Waals surface area contributed by atoms with Gasteiger partial charge in [-0.2, -0.15) is 5.10 Å². The van der Waals surface area contributed by atoms with Crippen molar-refractivity contribution in [3.63, 3.8) is 0 Å². The normalized spacial score (nSPS) is 23.5. The molecule has 3 aliphatic carbocycles. The number of imide groups is 1. The van der Waals surface area contributed by atoms with Crippen LogP contribution < -0.4 is 15.1 Å². The van der Waals surface area contributed by atoms with Crippen LogP contribution in [0.5, 0.6) is 5.75 Å². The van der Waals surface area contributed by atoms with Crippen molar-refractivity contribution in [2.24, 2.45) is 16.9 Å². The first-order valence-electron chi connectivity index (χ1n) is 13.7. The monoisotopic (exact) mass is 575 g/mol. The summed E-state index contributed by atoms with van der Waals surface area (Å²) in [4.78, 5) is 42.8. The summed E-state index contributed by atoms with van der Waals surface area (Å²) < 4.78 is 5.20. The third-order valence-corrected chi connectivity index (χ3v) is 9.08. The van der Waals surface area contributed by atoms with Crippen LogP contribution in [-0.2, 0) is 26.2 Å². The molecule has 0 spiro atoms. The molecule has 1 N–H and O–H groups in total. The van der Waals surface area contributed by atoms with Gasteiger partial charge in [0.05, 0.1) is 41.5 Å². The molecule has 1 saturated heterocycles. The first-order valence-corrected chi connectivity index (χ1v) is 14.1. The Morgan fingerprint density at radius 3 is 2.17 bits per heavy atom. The van der Waals surface area contributed by atoms with E-state index in [4.69, 9.17) is 16.3 Å². The van der Waals surface area contributed by atoms with E-state index in [-0.39, 0.29) is 30.1 Å². The molecule has 0 saturated carbocycles. The minimum absolute atomic E-state index is 0.118.